The average molecular weight is 342 g/mol. The lowest BCUT2D eigenvalue weighted by Crippen LogP contribution is -2.48. The first kappa shape index (κ1) is 18.0. The molecule has 2 rings (SSSR count). The summed E-state index contributed by atoms with van der Waals surface area (Å²) in [5, 5.41) is 0. The van der Waals surface area contributed by atoms with E-state index in [1.54, 1.807) is 4.90 Å². The van der Waals surface area contributed by atoms with Crippen molar-refractivity contribution in [1.29, 1.82) is 0 Å². The molecular weight excluding hydrogens is 325 g/mol. The number of benzene rings is 1. The topological polar surface area (TPSA) is 57.7 Å². The van der Waals surface area contributed by atoms with Gasteiger partial charge in [0.25, 0.3) is 5.78 Å². The van der Waals surface area contributed by atoms with E-state index in [2.05, 4.69) is 0 Å². The van der Waals surface area contributed by atoms with Gasteiger partial charge in [-0.2, -0.15) is 13.2 Å². The zero-order valence-corrected chi connectivity index (χ0v) is 12.9. The fourth-order valence-electron chi connectivity index (χ4n) is 2.54. The van der Waals surface area contributed by atoms with Crippen molar-refractivity contribution in [1.82, 2.24) is 4.90 Å². The second kappa shape index (κ2) is 7.46. The van der Waals surface area contributed by atoms with Crippen LogP contribution in [-0.2, 0) is 9.59 Å². The number of ketones is 1. The molecule has 1 aliphatic rings. The quantitative estimate of drug-likeness (QED) is 0.607. The highest BCUT2D eigenvalue weighted by atomic mass is 19.4. The summed E-state index contributed by atoms with van der Waals surface area (Å²) in [6.45, 7) is 2.06. The lowest BCUT2D eigenvalue weighted by molar-refractivity contribution is -0.132. The maximum Gasteiger partial charge on any atom is 0.454 e. The average Bonchev–Trinajstić information content (AvgIpc) is 2.58. The lowest BCUT2D eigenvalue weighted by atomic mass is 10.1. The molecule has 1 fully saturated rings. The Bertz CT molecular complexity index is 606. The van der Waals surface area contributed by atoms with Gasteiger partial charge in [0.2, 0.25) is 5.91 Å². The first-order valence-corrected chi connectivity index (χ1v) is 7.51. The number of aldehydes is 1. The van der Waals surface area contributed by atoms with Crippen molar-refractivity contribution >= 4 is 23.7 Å². The number of carbonyl (C=O) groups is 3. The molecule has 0 aromatic heterocycles. The Kier molecular flexibility index (Phi) is 5.58. The second-order valence-electron chi connectivity index (χ2n) is 5.45. The van der Waals surface area contributed by atoms with Crippen LogP contribution in [0.15, 0.2) is 24.3 Å². The third-order valence-corrected chi connectivity index (χ3v) is 3.86. The number of anilines is 1. The van der Waals surface area contributed by atoms with Gasteiger partial charge in [-0.05, 0) is 24.3 Å². The van der Waals surface area contributed by atoms with E-state index in [1.165, 1.54) is 12.1 Å². The van der Waals surface area contributed by atoms with Crippen molar-refractivity contribution < 1.29 is 27.6 Å². The minimum atomic E-state index is -4.88. The van der Waals surface area contributed by atoms with E-state index in [0.29, 0.717) is 38.2 Å². The Morgan fingerprint density at radius 2 is 1.62 bits per heavy atom. The molecule has 0 bridgehead atoms. The maximum atomic E-state index is 12.4. The molecule has 5 nitrogen and oxygen atoms in total. The standard InChI is InChI=1S/C16H17F3N2O3/c17-16(18,19)15(24)12-3-5-13(6-4-12)20-7-9-21(10-8-20)14(23)2-1-11-22/h3-6,11H,1-2,7-10H2. The first-order valence-electron chi connectivity index (χ1n) is 7.51. The van der Waals surface area contributed by atoms with Gasteiger partial charge in [0, 0.05) is 50.3 Å². The molecule has 130 valence electrons. The van der Waals surface area contributed by atoms with Crippen molar-refractivity contribution in [2.24, 2.45) is 0 Å². The molecule has 1 amide bonds. The monoisotopic (exact) mass is 342 g/mol. The summed E-state index contributed by atoms with van der Waals surface area (Å²) in [4.78, 5) is 36.9. The molecule has 1 aromatic carbocycles. The molecule has 0 unspecified atom stereocenters. The van der Waals surface area contributed by atoms with Crippen LogP contribution in [-0.4, -0.2) is 55.2 Å². The largest absolute Gasteiger partial charge is 0.454 e. The first-order chi connectivity index (χ1) is 11.3. The number of Topliss-reactive ketones (excluding diaryl/α,β-unsaturated/α-hetero) is 1. The zero-order chi connectivity index (χ0) is 17.7. The van der Waals surface area contributed by atoms with Crippen LogP contribution in [0.5, 0.6) is 0 Å². The second-order valence-corrected chi connectivity index (χ2v) is 5.45. The molecule has 1 aliphatic heterocycles. The van der Waals surface area contributed by atoms with Gasteiger partial charge in [0.05, 0.1) is 0 Å². The number of halogens is 3. The van der Waals surface area contributed by atoms with Crippen molar-refractivity contribution in [3.8, 4) is 0 Å². The van der Waals surface area contributed by atoms with Crippen LogP contribution in [0.1, 0.15) is 23.2 Å². The Hall–Kier alpha value is -2.38. The Morgan fingerprint density at radius 3 is 2.12 bits per heavy atom. The van der Waals surface area contributed by atoms with Crippen molar-refractivity contribution in [3.05, 3.63) is 29.8 Å². The van der Waals surface area contributed by atoms with Crippen LogP contribution in [0, 0.1) is 0 Å². The van der Waals surface area contributed by atoms with Crippen LogP contribution in [0.25, 0.3) is 0 Å². The molecule has 8 heteroatoms. The zero-order valence-electron chi connectivity index (χ0n) is 12.9. The van der Waals surface area contributed by atoms with E-state index in [1.807, 2.05) is 4.90 Å². The molecule has 1 saturated heterocycles. The molecule has 0 atom stereocenters. The third-order valence-electron chi connectivity index (χ3n) is 3.86. The van der Waals surface area contributed by atoms with E-state index in [9.17, 15) is 27.6 Å². The molecule has 0 saturated carbocycles. The van der Waals surface area contributed by atoms with E-state index < -0.39 is 17.5 Å². The SMILES string of the molecule is O=CCCC(=O)N1CCN(c2ccc(C(=O)C(F)(F)F)cc2)CC1. The Balaban J connectivity index is 1.94. The van der Waals surface area contributed by atoms with Crippen LogP contribution >= 0.6 is 0 Å². The number of piperazine rings is 1. The van der Waals surface area contributed by atoms with Crippen molar-refractivity contribution in [2.75, 3.05) is 31.1 Å². The summed E-state index contributed by atoms with van der Waals surface area (Å²) in [7, 11) is 0. The molecule has 0 aliphatic carbocycles. The molecular formula is C16H17F3N2O3. The smallest absolute Gasteiger partial charge is 0.368 e. The number of carbonyl (C=O) groups excluding carboxylic acids is 3. The van der Waals surface area contributed by atoms with Gasteiger partial charge in [-0.25, -0.2) is 0 Å². The van der Waals surface area contributed by atoms with Gasteiger partial charge in [-0.3, -0.25) is 9.59 Å². The summed E-state index contributed by atoms with van der Waals surface area (Å²) in [6.07, 6.45) is -3.78. The fourth-order valence-corrected chi connectivity index (χ4v) is 2.54. The van der Waals surface area contributed by atoms with Gasteiger partial charge < -0.3 is 14.6 Å². The highest BCUT2D eigenvalue weighted by molar-refractivity contribution is 6.00. The van der Waals surface area contributed by atoms with Gasteiger partial charge in [-0.1, -0.05) is 0 Å². The van der Waals surface area contributed by atoms with Crippen LogP contribution in [0.3, 0.4) is 0 Å². The minimum Gasteiger partial charge on any atom is -0.368 e. The van der Waals surface area contributed by atoms with E-state index in [0.717, 1.165) is 12.1 Å². The molecule has 0 spiro atoms. The van der Waals surface area contributed by atoms with Crippen LogP contribution < -0.4 is 4.90 Å². The lowest BCUT2D eigenvalue weighted by Gasteiger charge is -2.36. The highest BCUT2D eigenvalue weighted by Gasteiger charge is 2.39. The number of rotatable bonds is 5. The summed E-state index contributed by atoms with van der Waals surface area (Å²) < 4.78 is 37.1. The summed E-state index contributed by atoms with van der Waals surface area (Å²) in [6, 6.07) is 5.27. The number of nitrogens with zero attached hydrogens (tertiary/aromatic N) is 2. The van der Waals surface area contributed by atoms with Gasteiger partial charge in [-0.15, -0.1) is 0 Å². The fraction of sp³-hybridized carbons (Fsp3) is 0.438. The molecule has 1 heterocycles. The van der Waals surface area contributed by atoms with Crippen molar-refractivity contribution in [3.63, 3.8) is 0 Å². The highest BCUT2D eigenvalue weighted by Crippen LogP contribution is 2.24. The molecule has 1 aromatic rings. The maximum absolute atomic E-state index is 12.4. The summed E-state index contributed by atoms with van der Waals surface area (Å²) in [5.41, 5.74) is 0.308. The minimum absolute atomic E-state index is 0.0760. The van der Waals surface area contributed by atoms with E-state index in [4.69, 9.17) is 0 Å². The van der Waals surface area contributed by atoms with Crippen LogP contribution in [0.4, 0.5) is 18.9 Å². The number of hydrogen-bond acceptors (Lipinski definition) is 4. The molecule has 0 N–H and O–H groups in total. The van der Waals surface area contributed by atoms with Gasteiger partial charge in [0.1, 0.15) is 6.29 Å². The predicted octanol–water partition coefficient (Wildman–Crippen LogP) is 2.06. The van der Waals surface area contributed by atoms with Gasteiger partial charge >= 0.3 is 6.18 Å². The normalized spacial score (nSPS) is 15.3. The predicted molar refractivity (Wildman–Crippen MR) is 80.9 cm³/mol. The van der Waals surface area contributed by atoms with Gasteiger partial charge in [0.15, 0.2) is 0 Å². The number of alkyl halides is 3. The Labute approximate surface area is 137 Å². The van der Waals surface area contributed by atoms with E-state index >= 15 is 0 Å². The summed E-state index contributed by atoms with van der Waals surface area (Å²) >= 11 is 0. The van der Waals surface area contributed by atoms with Crippen molar-refractivity contribution in [2.45, 2.75) is 19.0 Å². The third kappa shape index (κ3) is 4.33. The summed E-state index contributed by atoms with van der Waals surface area (Å²) in [5.74, 6) is -1.94. The molecule has 0 radical (unpaired) electrons. The number of amides is 1. The molecule has 24 heavy (non-hydrogen) atoms. The Morgan fingerprint density at radius 1 is 1.04 bits per heavy atom. The van der Waals surface area contributed by atoms with E-state index in [-0.39, 0.29) is 18.7 Å². The number of hydrogen-bond donors (Lipinski definition) is 0. The van der Waals surface area contributed by atoms with Crippen LogP contribution in [0.2, 0.25) is 0 Å².